The molecule has 2 aromatic heterocycles. The number of benzene rings is 2. The summed E-state index contributed by atoms with van der Waals surface area (Å²) >= 11 is 0. The van der Waals surface area contributed by atoms with E-state index in [4.69, 9.17) is 9.47 Å². The molecule has 0 spiro atoms. The van der Waals surface area contributed by atoms with E-state index in [2.05, 4.69) is 15.6 Å². The van der Waals surface area contributed by atoms with Crippen LogP contribution in [0.4, 0.5) is 0 Å². The Kier molecular flexibility index (Phi) is 6.40. The quantitative estimate of drug-likeness (QED) is 0.232. The molecule has 4 rings (SSSR count). The summed E-state index contributed by atoms with van der Waals surface area (Å²) in [5, 5.41) is 1.08. The first-order valence-corrected chi connectivity index (χ1v) is 10.5. The molecule has 0 amide bonds. The molecule has 2 aromatic carbocycles. The van der Waals surface area contributed by atoms with Crippen LogP contribution >= 0.6 is 0 Å². The van der Waals surface area contributed by atoms with E-state index in [9.17, 15) is 9.59 Å². The van der Waals surface area contributed by atoms with Gasteiger partial charge >= 0.3 is 5.97 Å². The number of hydrogen-bond donors (Lipinski definition) is 0. The minimum absolute atomic E-state index is 0.0297. The molecule has 4 aromatic rings. The van der Waals surface area contributed by atoms with Gasteiger partial charge in [-0.05, 0) is 40.8 Å². The Morgan fingerprint density at radius 1 is 1.12 bits per heavy atom. The van der Waals surface area contributed by atoms with Crippen molar-refractivity contribution < 1.29 is 19.1 Å². The Balaban J connectivity index is 1.54. The molecule has 33 heavy (non-hydrogen) atoms. The van der Waals surface area contributed by atoms with Gasteiger partial charge in [0.2, 0.25) is 0 Å². The van der Waals surface area contributed by atoms with Crippen LogP contribution in [0, 0.1) is 0 Å². The van der Waals surface area contributed by atoms with Crippen LogP contribution in [0.25, 0.3) is 17.0 Å². The first-order valence-electron chi connectivity index (χ1n) is 10.5. The molecule has 0 radical (unpaired) electrons. The zero-order chi connectivity index (χ0) is 23.4. The number of methoxy groups -OCH3 is 1. The van der Waals surface area contributed by atoms with E-state index >= 15 is 0 Å². The summed E-state index contributed by atoms with van der Waals surface area (Å²) in [5.74, 6) is 0.302. The van der Waals surface area contributed by atoms with Gasteiger partial charge in [0.25, 0.3) is 0 Å². The summed E-state index contributed by atoms with van der Waals surface area (Å²) < 4.78 is 14.5. The van der Waals surface area contributed by atoms with E-state index in [0.717, 1.165) is 27.7 Å². The highest BCUT2D eigenvalue weighted by Gasteiger charge is 2.11. The molecule has 0 N–H and O–H groups in total. The molecule has 168 valence electrons. The molecule has 2 heterocycles. The second-order valence-electron chi connectivity index (χ2n) is 7.81. The van der Waals surface area contributed by atoms with E-state index in [-0.39, 0.29) is 12.2 Å². The molecule has 0 aliphatic carbocycles. The monoisotopic (exact) mass is 443 g/mol. The maximum absolute atomic E-state index is 12.8. The number of allylic oxidation sites excluding steroid dienone is 1. The molecule has 0 atom stereocenters. The molecule has 0 saturated carbocycles. The summed E-state index contributed by atoms with van der Waals surface area (Å²) in [4.78, 5) is 28.5. The number of rotatable bonds is 8. The predicted molar refractivity (Wildman–Crippen MR) is 126 cm³/mol. The van der Waals surface area contributed by atoms with Crippen molar-refractivity contribution in [1.29, 1.82) is 0 Å². The molecule has 0 saturated heterocycles. The summed E-state index contributed by atoms with van der Waals surface area (Å²) in [5.41, 5.74) is 3.68. The van der Waals surface area contributed by atoms with Gasteiger partial charge in [-0.3, -0.25) is 9.59 Å². The van der Waals surface area contributed by atoms with Gasteiger partial charge in [-0.2, -0.15) is 0 Å². The highest BCUT2D eigenvalue weighted by molar-refractivity contribution is 5.97. The summed E-state index contributed by atoms with van der Waals surface area (Å²) in [6, 6.07) is 13.2. The molecule has 0 unspecified atom stereocenters. The fourth-order valence-electron chi connectivity index (χ4n) is 3.81. The number of ether oxygens (including phenoxy) is 2. The smallest absolute Gasteiger partial charge is 0.308 e. The van der Waals surface area contributed by atoms with Gasteiger partial charge in [-0.25, -0.2) is 4.98 Å². The Labute approximate surface area is 191 Å². The number of carbonyl (C=O) groups excluding carboxylic acids is 2. The SMILES string of the molecule is COc1ccc(/C=C/C(=O)Cc2cccc3ccn(Cc4cn(C)cn4)c23)cc1OC(C)=O. The molecule has 0 fully saturated rings. The number of esters is 1. The molecular formula is C26H25N3O4. The van der Waals surface area contributed by atoms with Gasteiger partial charge in [-0.15, -0.1) is 0 Å². The van der Waals surface area contributed by atoms with E-state index < -0.39 is 5.97 Å². The number of nitrogens with zero attached hydrogens (tertiary/aromatic N) is 3. The Bertz CT molecular complexity index is 1350. The number of ketones is 1. The van der Waals surface area contributed by atoms with Gasteiger partial charge in [0, 0.05) is 32.8 Å². The van der Waals surface area contributed by atoms with Gasteiger partial charge < -0.3 is 18.6 Å². The molecule has 7 heteroatoms. The van der Waals surface area contributed by atoms with Crippen LogP contribution in [0.3, 0.4) is 0 Å². The third-order valence-electron chi connectivity index (χ3n) is 5.23. The second-order valence-corrected chi connectivity index (χ2v) is 7.81. The standard InChI is InChI=1S/C26H25N3O4/c1-18(30)33-25-13-19(8-10-24(25)32-3)7-9-23(31)14-21-6-4-5-20-11-12-29(26(20)21)16-22-15-28(2)17-27-22/h4-13,15,17H,14,16H2,1-3H3/b9-7+. The number of imidazole rings is 1. The first-order chi connectivity index (χ1) is 15.9. The summed E-state index contributed by atoms with van der Waals surface area (Å²) in [7, 11) is 3.45. The van der Waals surface area contributed by atoms with Gasteiger partial charge in [0.05, 0.1) is 31.2 Å². The topological polar surface area (TPSA) is 75.3 Å². The average Bonchev–Trinajstić information content (AvgIpc) is 3.39. The molecule has 0 aliphatic rings. The van der Waals surface area contributed by atoms with Crippen LogP contribution in [0.5, 0.6) is 11.5 Å². The highest BCUT2D eigenvalue weighted by atomic mass is 16.6. The lowest BCUT2D eigenvalue weighted by Gasteiger charge is -2.09. The lowest BCUT2D eigenvalue weighted by Crippen LogP contribution is -2.04. The van der Waals surface area contributed by atoms with Crippen molar-refractivity contribution in [1.82, 2.24) is 14.1 Å². The minimum Gasteiger partial charge on any atom is -0.493 e. The van der Waals surface area contributed by atoms with Crippen LogP contribution in [-0.2, 0) is 29.6 Å². The maximum atomic E-state index is 12.8. The van der Waals surface area contributed by atoms with Crippen molar-refractivity contribution in [2.24, 2.45) is 7.05 Å². The first kappa shape index (κ1) is 22.1. The second kappa shape index (κ2) is 9.56. The van der Waals surface area contributed by atoms with E-state index in [1.54, 1.807) is 36.7 Å². The van der Waals surface area contributed by atoms with Crippen molar-refractivity contribution in [2.75, 3.05) is 7.11 Å². The zero-order valence-corrected chi connectivity index (χ0v) is 18.8. The molecule has 0 aliphatic heterocycles. The van der Waals surface area contributed by atoms with E-state index in [1.807, 2.05) is 42.2 Å². The zero-order valence-electron chi connectivity index (χ0n) is 18.8. The molecule has 7 nitrogen and oxygen atoms in total. The van der Waals surface area contributed by atoms with E-state index in [0.29, 0.717) is 18.0 Å². The number of fused-ring (bicyclic) bond motifs is 1. The third-order valence-corrected chi connectivity index (χ3v) is 5.23. The molecule has 0 bridgehead atoms. The minimum atomic E-state index is -0.438. The van der Waals surface area contributed by atoms with Crippen LogP contribution in [-0.4, -0.2) is 33.0 Å². The predicted octanol–water partition coefficient (Wildman–Crippen LogP) is 4.18. The van der Waals surface area contributed by atoms with Crippen molar-refractivity contribution in [3.63, 3.8) is 0 Å². The number of aromatic nitrogens is 3. The lowest BCUT2D eigenvalue weighted by atomic mass is 10.0. The summed E-state index contributed by atoms with van der Waals surface area (Å²) in [6.45, 7) is 1.96. The van der Waals surface area contributed by atoms with Crippen molar-refractivity contribution in [3.05, 3.63) is 84.1 Å². The number of hydrogen-bond acceptors (Lipinski definition) is 5. The molecular weight excluding hydrogens is 418 g/mol. The third kappa shape index (κ3) is 5.20. The average molecular weight is 444 g/mol. The van der Waals surface area contributed by atoms with Crippen LogP contribution in [0.2, 0.25) is 0 Å². The highest BCUT2D eigenvalue weighted by Crippen LogP contribution is 2.29. The van der Waals surface area contributed by atoms with Gasteiger partial charge in [0.15, 0.2) is 17.3 Å². The number of carbonyl (C=O) groups is 2. The fourth-order valence-corrected chi connectivity index (χ4v) is 3.81. The van der Waals surface area contributed by atoms with Crippen molar-refractivity contribution in [2.45, 2.75) is 19.9 Å². The van der Waals surface area contributed by atoms with Crippen molar-refractivity contribution >= 4 is 28.7 Å². The van der Waals surface area contributed by atoms with E-state index in [1.165, 1.54) is 14.0 Å². The number of para-hydroxylation sites is 1. The Morgan fingerprint density at radius 3 is 2.70 bits per heavy atom. The normalized spacial score (nSPS) is 11.2. The fraction of sp³-hybridized carbons (Fsp3) is 0.192. The van der Waals surface area contributed by atoms with Gasteiger partial charge in [0.1, 0.15) is 0 Å². The Hall–Kier alpha value is -4.13. The lowest BCUT2D eigenvalue weighted by molar-refractivity contribution is -0.132. The van der Waals surface area contributed by atoms with Crippen LogP contribution in [0.1, 0.15) is 23.7 Å². The van der Waals surface area contributed by atoms with Crippen molar-refractivity contribution in [3.8, 4) is 11.5 Å². The largest absolute Gasteiger partial charge is 0.493 e. The van der Waals surface area contributed by atoms with Crippen LogP contribution < -0.4 is 9.47 Å². The summed E-state index contributed by atoms with van der Waals surface area (Å²) in [6.07, 6.45) is 9.32. The Morgan fingerprint density at radius 2 is 1.97 bits per heavy atom. The van der Waals surface area contributed by atoms with Crippen LogP contribution in [0.15, 0.2) is 67.3 Å². The number of aryl methyl sites for hydroxylation is 1. The maximum Gasteiger partial charge on any atom is 0.308 e. The van der Waals surface area contributed by atoms with Gasteiger partial charge in [-0.1, -0.05) is 30.3 Å².